The van der Waals surface area contributed by atoms with Crippen molar-refractivity contribution in [2.75, 3.05) is 31.6 Å². The number of fused-ring (bicyclic) bond motifs is 1. The van der Waals surface area contributed by atoms with Gasteiger partial charge in [0.25, 0.3) is 5.91 Å². The van der Waals surface area contributed by atoms with Crippen LogP contribution < -0.4 is 16.0 Å². The third kappa shape index (κ3) is 3.26. The van der Waals surface area contributed by atoms with Gasteiger partial charge < -0.3 is 20.3 Å². The molecule has 5 amide bonds. The number of hydrogen-bond acceptors (Lipinski definition) is 5. The van der Waals surface area contributed by atoms with E-state index in [-0.39, 0.29) is 35.6 Å². The maximum atomic E-state index is 13.1. The summed E-state index contributed by atoms with van der Waals surface area (Å²) in [5.74, 6) is -0.664. The van der Waals surface area contributed by atoms with Crippen molar-refractivity contribution < 1.29 is 23.9 Å². The summed E-state index contributed by atoms with van der Waals surface area (Å²) in [6, 6.07) is 5.08. The predicted molar refractivity (Wildman–Crippen MR) is 115 cm³/mol. The van der Waals surface area contributed by atoms with Gasteiger partial charge in [-0.15, -0.1) is 0 Å². The lowest BCUT2D eigenvalue weighted by Gasteiger charge is -2.43. The fourth-order valence-corrected chi connectivity index (χ4v) is 5.82. The second kappa shape index (κ2) is 7.58. The van der Waals surface area contributed by atoms with Crippen molar-refractivity contribution in [1.82, 2.24) is 15.5 Å². The van der Waals surface area contributed by atoms with Crippen molar-refractivity contribution in [3.63, 3.8) is 0 Å². The maximum Gasteiger partial charge on any atom is 0.322 e. The lowest BCUT2D eigenvalue weighted by atomic mass is 9.73. The standard InChI is InChI=1S/C23H28N4O5/c1-14-17-4-3-16(11-15(17)12-23(14)19(29)25-21(31)26-23)24-18(28)13-27-8-2-5-22(20(27)30)6-9-32-10-7-22/h3-4,11,14H,2,5-10,12-13H2,1H3,(H,24,28)(H2,25,26,29,31). The van der Waals surface area contributed by atoms with Gasteiger partial charge in [-0.2, -0.15) is 0 Å². The molecule has 32 heavy (non-hydrogen) atoms. The van der Waals surface area contributed by atoms with Gasteiger partial charge >= 0.3 is 6.03 Å². The number of imide groups is 1. The average Bonchev–Trinajstić information content (AvgIpc) is 3.20. The van der Waals surface area contributed by atoms with Crippen molar-refractivity contribution in [3.8, 4) is 0 Å². The van der Waals surface area contributed by atoms with Crippen LogP contribution in [0.2, 0.25) is 0 Å². The number of rotatable bonds is 3. The van der Waals surface area contributed by atoms with E-state index in [1.54, 1.807) is 11.0 Å². The summed E-state index contributed by atoms with van der Waals surface area (Å²) >= 11 is 0. The number of carbonyl (C=O) groups excluding carboxylic acids is 4. The summed E-state index contributed by atoms with van der Waals surface area (Å²) in [5, 5.41) is 8.01. The summed E-state index contributed by atoms with van der Waals surface area (Å²) in [7, 11) is 0. The Morgan fingerprint density at radius 3 is 2.72 bits per heavy atom. The predicted octanol–water partition coefficient (Wildman–Crippen LogP) is 1.28. The fourth-order valence-electron chi connectivity index (χ4n) is 5.82. The SMILES string of the molecule is CC1c2ccc(NC(=O)CN3CCCC4(CCOCC4)C3=O)cc2CC12NC(=O)NC2=O. The number of nitrogens with one attached hydrogen (secondary N) is 3. The minimum Gasteiger partial charge on any atom is -0.381 e. The zero-order valence-corrected chi connectivity index (χ0v) is 18.2. The summed E-state index contributed by atoms with van der Waals surface area (Å²) in [5.41, 5.74) is 1.17. The van der Waals surface area contributed by atoms with Crippen LogP contribution >= 0.6 is 0 Å². The largest absolute Gasteiger partial charge is 0.381 e. The fraction of sp³-hybridized carbons (Fsp3) is 0.565. The monoisotopic (exact) mass is 440 g/mol. The Hall–Kier alpha value is -2.94. The lowest BCUT2D eigenvalue weighted by molar-refractivity contribution is -0.154. The summed E-state index contributed by atoms with van der Waals surface area (Å²) in [4.78, 5) is 51.7. The van der Waals surface area contributed by atoms with E-state index in [0.29, 0.717) is 31.9 Å². The first kappa shape index (κ1) is 20.9. The molecule has 1 aliphatic carbocycles. The molecule has 170 valence electrons. The first-order valence-corrected chi connectivity index (χ1v) is 11.3. The lowest BCUT2D eigenvalue weighted by Crippen LogP contribution is -2.52. The number of amides is 5. The highest BCUT2D eigenvalue weighted by Gasteiger charge is 2.54. The Morgan fingerprint density at radius 2 is 2.00 bits per heavy atom. The zero-order chi connectivity index (χ0) is 22.5. The molecule has 0 aromatic heterocycles. The molecule has 0 radical (unpaired) electrons. The van der Waals surface area contributed by atoms with Crippen LogP contribution in [-0.4, -0.2) is 60.5 Å². The Balaban J connectivity index is 1.26. The second-order valence-corrected chi connectivity index (χ2v) is 9.46. The number of piperidine rings is 1. The van der Waals surface area contributed by atoms with Crippen LogP contribution in [0.15, 0.2) is 18.2 Å². The van der Waals surface area contributed by atoms with E-state index in [0.717, 1.165) is 36.8 Å². The molecule has 3 N–H and O–H groups in total. The number of nitrogens with zero attached hydrogens (tertiary/aromatic N) is 1. The second-order valence-electron chi connectivity index (χ2n) is 9.46. The maximum absolute atomic E-state index is 13.1. The zero-order valence-electron chi connectivity index (χ0n) is 18.2. The minimum atomic E-state index is -0.972. The van der Waals surface area contributed by atoms with Gasteiger partial charge in [0.05, 0.1) is 12.0 Å². The molecule has 5 rings (SSSR count). The van der Waals surface area contributed by atoms with Gasteiger partial charge in [-0.3, -0.25) is 19.7 Å². The van der Waals surface area contributed by atoms with Crippen molar-refractivity contribution in [1.29, 1.82) is 0 Å². The Kier molecular flexibility index (Phi) is 4.96. The highest BCUT2D eigenvalue weighted by molar-refractivity contribution is 6.08. The Morgan fingerprint density at radius 1 is 1.22 bits per heavy atom. The topological polar surface area (TPSA) is 117 Å². The molecule has 3 saturated heterocycles. The number of benzene rings is 1. The van der Waals surface area contributed by atoms with Crippen LogP contribution in [0.3, 0.4) is 0 Å². The summed E-state index contributed by atoms with van der Waals surface area (Å²) in [6.45, 7) is 3.73. The number of urea groups is 1. The molecular formula is C23H28N4O5. The average molecular weight is 441 g/mol. The number of ether oxygens (including phenoxy) is 1. The van der Waals surface area contributed by atoms with Crippen LogP contribution in [0.4, 0.5) is 10.5 Å². The van der Waals surface area contributed by atoms with Crippen LogP contribution in [-0.2, 0) is 25.5 Å². The van der Waals surface area contributed by atoms with Crippen LogP contribution in [0.1, 0.15) is 49.7 Å². The van der Waals surface area contributed by atoms with Gasteiger partial charge in [-0.1, -0.05) is 13.0 Å². The van der Waals surface area contributed by atoms with E-state index in [9.17, 15) is 19.2 Å². The van der Waals surface area contributed by atoms with Crippen molar-refractivity contribution >= 4 is 29.4 Å². The number of likely N-dealkylation sites (tertiary alicyclic amines) is 1. The third-order valence-electron chi connectivity index (χ3n) is 7.68. The number of carbonyl (C=O) groups is 4. The van der Waals surface area contributed by atoms with E-state index >= 15 is 0 Å². The first-order chi connectivity index (χ1) is 15.3. The quantitative estimate of drug-likeness (QED) is 0.613. The van der Waals surface area contributed by atoms with Crippen LogP contribution in [0, 0.1) is 5.41 Å². The van der Waals surface area contributed by atoms with Gasteiger partial charge in [-0.05, 0) is 48.9 Å². The molecule has 4 aliphatic rings. The van der Waals surface area contributed by atoms with Crippen molar-refractivity contribution in [3.05, 3.63) is 29.3 Å². The summed E-state index contributed by atoms with van der Waals surface area (Å²) in [6.07, 6.45) is 3.57. The van der Waals surface area contributed by atoms with Crippen LogP contribution in [0.5, 0.6) is 0 Å². The smallest absolute Gasteiger partial charge is 0.322 e. The Labute approximate surface area is 186 Å². The molecule has 3 fully saturated rings. The number of hydrogen-bond donors (Lipinski definition) is 3. The van der Waals surface area contributed by atoms with Crippen molar-refractivity contribution in [2.45, 2.75) is 50.5 Å². The van der Waals surface area contributed by atoms with Crippen LogP contribution in [0.25, 0.3) is 0 Å². The van der Waals surface area contributed by atoms with E-state index in [2.05, 4.69) is 16.0 Å². The molecule has 2 atom stereocenters. The van der Waals surface area contributed by atoms with E-state index in [1.165, 1.54) is 0 Å². The molecule has 3 heterocycles. The number of anilines is 1. The van der Waals surface area contributed by atoms with E-state index in [4.69, 9.17) is 4.74 Å². The first-order valence-electron chi connectivity index (χ1n) is 11.3. The molecule has 2 unspecified atom stereocenters. The van der Waals surface area contributed by atoms with Gasteiger partial charge in [0.1, 0.15) is 5.54 Å². The van der Waals surface area contributed by atoms with Crippen molar-refractivity contribution in [2.24, 2.45) is 5.41 Å². The van der Waals surface area contributed by atoms with Gasteiger partial charge in [0, 0.05) is 37.8 Å². The molecule has 2 spiro atoms. The third-order valence-corrected chi connectivity index (χ3v) is 7.68. The Bertz CT molecular complexity index is 997. The normalized spacial score (nSPS) is 28.6. The highest BCUT2D eigenvalue weighted by atomic mass is 16.5. The molecule has 1 aromatic rings. The van der Waals surface area contributed by atoms with E-state index in [1.807, 2.05) is 19.1 Å². The molecule has 0 bridgehead atoms. The van der Waals surface area contributed by atoms with E-state index < -0.39 is 11.6 Å². The summed E-state index contributed by atoms with van der Waals surface area (Å²) < 4.78 is 5.43. The van der Waals surface area contributed by atoms with Gasteiger partial charge in [-0.25, -0.2) is 4.79 Å². The highest BCUT2D eigenvalue weighted by Crippen LogP contribution is 2.43. The molecule has 9 heteroatoms. The minimum absolute atomic E-state index is 0.0251. The molecule has 1 aromatic carbocycles. The molecule has 0 saturated carbocycles. The molecule has 9 nitrogen and oxygen atoms in total. The molecular weight excluding hydrogens is 412 g/mol. The van der Waals surface area contributed by atoms with Gasteiger partial charge in [0.2, 0.25) is 11.8 Å². The molecule has 3 aliphatic heterocycles. The van der Waals surface area contributed by atoms with Gasteiger partial charge in [0.15, 0.2) is 0 Å².